The monoisotopic (exact) mass is 480 g/mol. The summed E-state index contributed by atoms with van der Waals surface area (Å²) in [4.78, 5) is 22.7. The maximum Gasteiger partial charge on any atom is 0.434 e. The van der Waals surface area contributed by atoms with Crippen LogP contribution in [0.25, 0.3) is 16.2 Å². The maximum atomic E-state index is 13.5. The molecule has 4 aromatic rings. The fourth-order valence-electron chi connectivity index (χ4n) is 3.56. The number of pyridine rings is 1. The van der Waals surface area contributed by atoms with Crippen molar-refractivity contribution in [2.75, 3.05) is 23.3 Å². The van der Waals surface area contributed by atoms with Gasteiger partial charge in [-0.2, -0.15) is 23.3 Å². The number of alkyl halides is 4. The number of nitrogens with one attached hydrogen (secondary N) is 1. The quantitative estimate of drug-likeness (QED) is 0.450. The Labute approximate surface area is 187 Å². The fraction of sp³-hybridized carbons (Fsp3) is 0.316. The molecule has 14 heteroatoms. The van der Waals surface area contributed by atoms with Crippen molar-refractivity contribution in [2.24, 2.45) is 7.05 Å². The van der Waals surface area contributed by atoms with Gasteiger partial charge in [-0.1, -0.05) is 0 Å². The van der Waals surface area contributed by atoms with Crippen molar-refractivity contribution in [2.45, 2.75) is 18.8 Å². The number of nitrogens with zero attached hydrogens (tertiary/aromatic N) is 7. The molecular formula is C19H16F4N8OS. The number of hydrogen-bond donors (Lipinski definition) is 1. The number of fused-ring (bicyclic) bond motifs is 1. The van der Waals surface area contributed by atoms with Crippen LogP contribution >= 0.6 is 11.3 Å². The van der Waals surface area contributed by atoms with Gasteiger partial charge in [0.25, 0.3) is 5.91 Å². The Morgan fingerprint density at radius 2 is 2.12 bits per heavy atom. The van der Waals surface area contributed by atoms with Crippen LogP contribution in [0, 0.1) is 0 Å². The number of aryl methyl sites for hydroxylation is 1. The molecule has 1 aliphatic rings. The van der Waals surface area contributed by atoms with E-state index in [2.05, 4.69) is 25.5 Å². The largest absolute Gasteiger partial charge is 0.434 e. The lowest BCUT2D eigenvalue weighted by Crippen LogP contribution is -2.21. The molecule has 5 heterocycles. The molecule has 1 amide bonds. The van der Waals surface area contributed by atoms with E-state index in [0.29, 0.717) is 30.2 Å². The Hall–Kier alpha value is -3.55. The number of rotatable bonds is 4. The number of anilines is 2. The third-order valence-corrected chi connectivity index (χ3v) is 6.05. The molecule has 0 aliphatic carbocycles. The molecule has 1 N–H and O–H groups in total. The molecule has 0 unspecified atom stereocenters. The number of aromatic nitrogens is 6. The molecule has 172 valence electrons. The summed E-state index contributed by atoms with van der Waals surface area (Å²) in [5.74, 6) is -0.172. The van der Waals surface area contributed by atoms with Gasteiger partial charge in [0, 0.05) is 36.9 Å². The molecular weight excluding hydrogens is 464 g/mol. The molecule has 1 fully saturated rings. The Kier molecular flexibility index (Phi) is 5.03. The Balaban J connectivity index is 1.40. The summed E-state index contributed by atoms with van der Waals surface area (Å²) in [6.45, 7) is 0.758. The maximum absolute atomic E-state index is 13.5. The summed E-state index contributed by atoms with van der Waals surface area (Å²) in [6.07, 6.45) is -2.16. The molecule has 0 radical (unpaired) electrons. The van der Waals surface area contributed by atoms with Crippen LogP contribution in [0.5, 0.6) is 0 Å². The number of halogens is 4. The number of hydrogen-bond acceptors (Lipinski definition) is 7. The lowest BCUT2D eigenvalue weighted by atomic mass is 10.2. The molecule has 0 saturated carbocycles. The molecule has 1 aliphatic heterocycles. The average molecular weight is 480 g/mol. The molecule has 4 aromatic heterocycles. The van der Waals surface area contributed by atoms with Crippen LogP contribution in [-0.4, -0.2) is 54.5 Å². The lowest BCUT2D eigenvalue weighted by molar-refractivity contribution is -0.140. The summed E-state index contributed by atoms with van der Waals surface area (Å²) < 4.78 is 55.0. The molecule has 9 nitrogen and oxygen atoms in total. The van der Waals surface area contributed by atoms with Crippen molar-refractivity contribution in [3.8, 4) is 10.6 Å². The summed E-state index contributed by atoms with van der Waals surface area (Å²) >= 11 is 0.780. The highest BCUT2D eigenvalue weighted by molar-refractivity contribution is 7.13. The lowest BCUT2D eigenvalue weighted by Gasteiger charge is -2.10. The van der Waals surface area contributed by atoms with Crippen LogP contribution in [0.15, 0.2) is 29.9 Å². The smallest absolute Gasteiger partial charge is 0.336 e. The van der Waals surface area contributed by atoms with Gasteiger partial charge in [0.05, 0.1) is 18.3 Å². The van der Waals surface area contributed by atoms with Crippen LogP contribution in [0.3, 0.4) is 0 Å². The summed E-state index contributed by atoms with van der Waals surface area (Å²) in [5.41, 5.74) is 0.0776. The SMILES string of the molecule is Cn1ncc(-c2nc(C(F)(F)F)cs2)c1C(=O)Nc1ccn2nc(N3CC[C@H](F)C3)nc2c1. The topological polar surface area (TPSA) is 93.2 Å². The summed E-state index contributed by atoms with van der Waals surface area (Å²) in [7, 11) is 1.51. The number of thiazole rings is 1. The number of amides is 1. The normalized spacial score (nSPS) is 16.6. The minimum Gasteiger partial charge on any atom is -0.336 e. The van der Waals surface area contributed by atoms with Gasteiger partial charge in [0.1, 0.15) is 16.9 Å². The van der Waals surface area contributed by atoms with Crippen molar-refractivity contribution in [3.05, 3.63) is 41.3 Å². The van der Waals surface area contributed by atoms with E-state index >= 15 is 0 Å². The Bertz CT molecular complexity index is 1340. The summed E-state index contributed by atoms with van der Waals surface area (Å²) in [5, 5.41) is 12.0. The first-order valence-corrected chi connectivity index (χ1v) is 10.7. The first-order chi connectivity index (χ1) is 15.7. The van der Waals surface area contributed by atoms with E-state index in [0.717, 1.165) is 16.7 Å². The van der Waals surface area contributed by atoms with Gasteiger partial charge < -0.3 is 10.2 Å². The van der Waals surface area contributed by atoms with Crippen molar-refractivity contribution in [1.82, 2.24) is 29.4 Å². The fourth-order valence-corrected chi connectivity index (χ4v) is 4.40. The Morgan fingerprint density at radius 1 is 1.30 bits per heavy atom. The molecule has 1 atom stereocenters. The molecule has 1 saturated heterocycles. The van der Waals surface area contributed by atoms with Crippen molar-refractivity contribution in [1.29, 1.82) is 0 Å². The predicted molar refractivity (Wildman–Crippen MR) is 112 cm³/mol. The Morgan fingerprint density at radius 3 is 2.82 bits per heavy atom. The first-order valence-electron chi connectivity index (χ1n) is 9.81. The molecule has 0 spiro atoms. The van der Waals surface area contributed by atoms with Gasteiger partial charge in [0.15, 0.2) is 11.3 Å². The van der Waals surface area contributed by atoms with Crippen LogP contribution in [-0.2, 0) is 13.2 Å². The average Bonchev–Trinajstić information content (AvgIpc) is 3.52. The van der Waals surface area contributed by atoms with Crippen LogP contribution in [0.2, 0.25) is 0 Å². The highest BCUT2D eigenvalue weighted by Gasteiger charge is 2.34. The molecule has 0 aromatic carbocycles. The van der Waals surface area contributed by atoms with E-state index in [1.165, 1.54) is 22.4 Å². The zero-order valence-corrected chi connectivity index (χ0v) is 17.9. The van der Waals surface area contributed by atoms with Gasteiger partial charge in [-0.15, -0.1) is 16.4 Å². The van der Waals surface area contributed by atoms with Gasteiger partial charge >= 0.3 is 6.18 Å². The van der Waals surface area contributed by atoms with Gasteiger partial charge in [-0.25, -0.2) is 13.9 Å². The second-order valence-corrected chi connectivity index (χ2v) is 8.34. The third-order valence-electron chi connectivity index (χ3n) is 5.18. The minimum absolute atomic E-state index is 0.0370. The van der Waals surface area contributed by atoms with Crippen LogP contribution in [0.4, 0.5) is 29.2 Å². The van der Waals surface area contributed by atoms with Crippen molar-refractivity contribution in [3.63, 3.8) is 0 Å². The molecule has 33 heavy (non-hydrogen) atoms. The zero-order chi connectivity index (χ0) is 23.3. The molecule has 0 bridgehead atoms. The van der Waals surface area contributed by atoms with E-state index in [9.17, 15) is 22.4 Å². The highest BCUT2D eigenvalue weighted by atomic mass is 32.1. The van der Waals surface area contributed by atoms with E-state index in [4.69, 9.17) is 0 Å². The van der Waals surface area contributed by atoms with Gasteiger partial charge in [-0.3, -0.25) is 9.48 Å². The van der Waals surface area contributed by atoms with E-state index in [-0.39, 0.29) is 22.8 Å². The third kappa shape index (κ3) is 4.01. The number of carbonyl (C=O) groups excluding carboxylic acids is 1. The van der Waals surface area contributed by atoms with E-state index in [1.807, 2.05) is 0 Å². The molecule has 5 rings (SSSR count). The standard InChI is InChI=1S/C19H16F4N8OS/c1-29-15(12(7-24-29)17-26-13(9-33-17)19(21,22)23)16(32)25-11-3-5-31-14(6-11)27-18(28-31)30-4-2-10(20)8-30/h3,5-7,9-10H,2,4,8H2,1H3,(H,25,32)/t10-/m0/s1. The van der Waals surface area contributed by atoms with Crippen LogP contribution < -0.4 is 10.2 Å². The number of carbonyl (C=O) groups is 1. The van der Waals surface area contributed by atoms with E-state index in [1.54, 1.807) is 23.2 Å². The first kappa shape index (κ1) is 21.3. The minimum atomic E-state index is -4.58. The van der Waals surface area contributed by atoms with Gasteiger partial charge in [-0.05, 0) is 12.5 Å². The van der Waals surface area contributed by atoms with Crippen molar-refractivity contribution >= 4 is 34.5 Å². The highest BCUT2D eigenvalue weighted by Crippen LogP contribution is 2.34. The van der Waals surface area contributed by atoms with Gasteiger partial charge in [0.2, 0.25) is 5.95 Å². The predicted octanol–water partition coefficient (Wildman–Crippen LogP) is 3.41. The van der Waals surface area contributed by atoms with E-state index < -0.39 is 23.9 Å². The second kappa shape index (κ2) is 7.79. The summed E-state index contributed by atoms with van der Waals surface area (Å²) in [6, 6.07) is 3.20. The zero-order valence-electron chi connectivity index (χ0n) is 17.0. The van der Waals surface area contributed by atoms with Crippen LogP contribution in [0.1, 0.15) is 22.6 Å². The second-order valence-electron chi connectivity index (χ2n) is 7.48. The van der Waals surface area contributed by atoms with Crippen molar-refractivity contribution < 1.29 is 22.4 Å².